The molecule has 64 valence electrons. The second kappa shape index (κ2) is 2.91. The van der Waals surface area contributed by atoms with Crippen molar-refractivity contribution in [3.8, 4) is 5.75 Å². The Morgan fingerprint density at radius 3 is 2.58 bits per heavy atom. The molecule has 1 aromatic rings. The van der Waals surface area contributed by atoms with Gasteiger partial charge in [0.25, 0.3) is 0 Å². The van der Waals surface area contributed by atoms with E-state index in [4.69, 9.17) is 27.5 Å². The van der Waals surface area contributed by atoms with Gasteiger partial charge in [-0.25, -0.2) is 4.79 Å². The van der Waals surface area contributed by atoms with E-state index >= 15 is 0 Å². The number of anilines is 1. The first kappa shape index (κ1) is 8.67. The minimum atomic E-state index is -1.24. The molecule has 1 aromatic carbocycles. The predicted molar refractivity (Wildman–Crippen MR) is 44.5 cm³/mol. The molecule has 0 saturated heterocycles. The Labute approximate surface area is 73.2 Å². The summed E-state index contributed by atoms with van der Waals surface area (Å²) in [5.41, 5.74) is 5.20. The molecule has 0 aliphatic carbocycles. The quantitative estimate of drug-likeness (QED) is 0.458. The molecule has 5 heteroatoms. The number of halogens is 1. The fourth-order valence-electron chi connectivity index (χ4n) is 0.751. The lowest BCUT2D eigenvalue weighted by molar-refractivity contribution is 0.0694. The summed E-state index contributed by atoms with van der Waals surface area (Å²) in [6.07, 6.45) is 0. The first-order valence-corrected chi connectivity index (χ1v) is 3.41. The van der Waals surface area contributed by atoms with E-state index in [2.05, 4.69) is 0 Å². The Bertz CT molecular complexity index is 338. The summed E-state index contributed by atoms with van der Waals surface area (Å²) in [5, 5.41) is 17.7. The van der Waals surface area contributed by atoms with Crippen LogP contribution in [0.1, 0.15) is 10.4 Å². The Morgan fingerprint density at radius 1 is 1.50 bits per heavy atom. The van der Waals surface area contributed by atoms with E-state index in [-0.39, 0.29) is 22.0 Å². The summed E-state index contributed by atoms with van der Waals surface area (Å²) >= 11 is 5.51. The highest BCUT2D eigenvalue weighted by molar-refractivity contribution is 6.33. The third-order valence-electron chi connectivity index (χ3n) is 1.35. The highest BCUT2D eigenvalue weighted by Gasteiger charge is 2.11. The minimum Gasteiger partial charge on any atom is -0.507 e. The van der Waals surface area contributed by atoms with Crippen molar-refractivity contribution in [3.05, 3.63) is 22.7 Å². The van der Waals surface area contributed by atoms with Crippen LogP contribution in [0.3, 0.4) is 0 Å². The normalized spacial score (nSPS) is 9.75. The predicted octanol–water partition coefficient (Wildman–Crippen LogP) is 1.33. The lowest BCUT2D eigenvalue weighted by Crippen LogP contribution is -1.98. The maximum absolute atomic E-state index is 10.4. The van der Waals surface area contributed by atoms with Gasteiger partial charge in [-0.1, -0.05) is 11.6 Å². The van der Waals surface area contributed by atoms with Crippen LogP contribution in [0.15, 0.2) is 12.1 Å². The van der Waals surface area contributed by atoms with E-state index in [0.717, 1.165) is 12.1 Å². The summed E-state index contributed by atoms with van der Waals surface area (Å²) in [6, 6.07) is 2.21. The van der Waals surface area contributed by atoms with Gasteiger partial charge in [0.05, 0.1) is 10.7 Å². The number of hydrogen-bond acceptors (Lipinski definition) is 3. The first-order chi connectivity index (χ1) is 5.52. The Balaban J connectivity index is 3.33. The number of phenols is 1. The molecule has 0 bridgehead atoms. The van der Waals surface area contributed by atoms with E-state index in [1.54, 1.807) is 0 Å². The van der Waals surface area contributed by atoms with Gasteiger partial charge >= 0.3 is 5.97 Å². The number of rotatable bonds is 1. The molecule has 0 atom stereocenters. The van der Waals surface area contributed by atoms with Gasteiger partial charge in [0, 0.05) is 6.07 Å². The molecule has 12 heavy (non-hydrogen) atoms. The molecule has 0 unspecified atom stereocenters. The summed E-state index contributed by atoms with van der Waals surface area (Å²) in [6.45, 7) is 0. The lowest BCUT2D eigenvalue weighted by atomic mass is 10.2. The van der Waals surface area contributed by atoms with Gasteiger partial charge in [-0.05, 0) is 6.07 Å². The number of carboxylic acid groups (broad SMARTS) is 1. The molecule has 0 saturated carbocycles. The third kappa shape index (κ3) is 1.43. The van der Waals surface area contributed by atoms with E-state index in [9.17, 15) is 4.79 Å². The number of carboxylic acids is 1. The molecule has 0 fully saturated rings. The number of aromatic carboxylic acids is 1. The second-order valence-corrected chi connectivity index (χ2v) is 2.60. The van der Waals surface area contributed by atoms with Crippen molar-refractivity contribution < 1.29 is 15.0 Å². The van der Waals surface area contributed by atoms with Gasteiger partial charge in [0.1, 0.15) is 11.3 Å². The summed E-state index contributed by atoms with van der Waals surface area (Å²) < 4.78 is 0. The molecule has 0 aromatic heterocycles. The van der Waals surface area contributed by atoms with Crippen LogP contribution in [0.25, 0.3) is 0 Å². The fraction of sp³-hybridized carbons (Fsp3) is 0. The van der Waals surface area contributed by atoms with Crippen molar-refractivity contribution in [2.24, 2.45) is 0 Å². The summed E-state index contributed by atoms with van der Waals surface area (Å²) in [7, 11) is 0. The number of carbonyl (C=O) groups is 1. The zero-order valence-electron chi connectivity index (χ0n) is 5.91. The van der Waals surface area contributed by atoms with Crippen LogP contribution >= 0.6 is 11.6 Å². The van der Waals surface area contributed by atoms with Gasteiger partial charge < -0.3 is 15.9 Å². The molecule has 0 radical (unpaired) electrons. The standard InChI is InChI=1S/C7H6ClNO3/c8-4-2-6(10)3(7(11)12)1-5(4)9/h1-2,10H,9H2,(H,11,12). The Hall–Kier alpha value is -1.42. The van der Waals surface area contributed by atoms with E-state index in [1.165, 1.54) is 0 Å². The van der Waals surface area contributed by atoms with Crippen LogP contribution in [-0.4, -0.2) is 16.2 Å². The zero-order valence-corrected chi connectivity index (χ0v) is 6.67. The average Bonchev–Trinajstić information content (AvgIpc) is 1.96. The van der Waals surface area contributed by atoms with Crippen molar-refractivity contribution in [2.45, 2.75) is 0 Å². The zero-order chi connectivity index (χ0) is 9.30. The Morgan fingerprint density at radius 2 is 2.08 bits per heavy atom. The van der Waals surface area contributed by atoms with Crippen LogP contribution in [0.2, 0.25) is 5.02 Å². The molecular weight excluding hydrogens is 182 g/mol. The van der Waals surface area contributed by atoms with E-state index in [0.29, 0.717) is 0 Å². The smallest absolute Gasteiger partial charge is 0.339 e. The van der Waals surface area contributed by atoms with Crippen LogP contribution in [-0.2, 0) is 0 Å². The third-order valence-corrected chi connectivity index (χ3v) is 1.67. The van der Waals surface area contributed by atoms with Gasteiger partial charge in [-0.15, -0.1) is 0 Å². The first-order valence-electron chi connectivity index (χ1n) is 3.03. The second-order valence-electron chi connectivity index (χ2n) is 2.20. The SMILES string of the molecule is Nc1cc(C(=O)O)c(O)cc1Cl. The average molecular weight is 188 g/mol. The van der Waals surface area contributed by atoms with Crippen molar-refractivity contribution in [1.82, 2.24) is 0 Å². The van der Waals surface area contributed by atoms with Crippen LogP contribution in [0, 0.1) is 0 Å². The van der Waals surface area contributed by atoms with Gasteiger partial charge in [-0.3, -0.25) is 0 Å². The number of nitrogen functional groups attached to an aromatic ring is 1. The molecule has 0 amide bonds. The summed E-state index contributed by atoms with van der Waals surface area (Å²) in [4.78, 5) is 10.4. The highest BCUT2D eigenvalue weighted by Crippen LogP contribution is 2.27. The van der Waals surface area contributed by atoms with Crippen LogP contribution in [0.5, 0.6) is 5.75 Å². The van der Waals surface area contributed by atoms with Crippen molar-refractivity contribution >= 4 is 23.3 Å². The van der Waals surface area contributed by atoms with E-state index < -0.39 is 5.97 Å². The van der Waals surface area contributed by atoms with E-state index in [1.807, 2.05) is 0 Å². The Kier molecular flexibility index (Phi) is 2.10. The van der Waals surface area contributed by atoms with Gasteiger partial charge in [-0.2, -0.15) is 0 Å². The van der Waals surface area contributed by atoms with Crippen molar-refractivity contribution in [1.29, 1.82) is 0 Å². The largest absolute Gasteiger partial charge is 0.507 e. The molecule has 1 rings (SSSR count). The highest BCUT2D eigenvalue weighted by atomic mass is 35.5. The van der Waals surface area contributed by atoms with Crippen molar-refractivity contribution in [3.63, 3.8) is 0 Å². The molecule has 4 nitrogen and oxygen atoms in total. The maximum atomic E-state index is 10.4. The molecular formula is C7H6ClNO3. The van der Waals surface area contributed by atoms with Gasteiger partial charge in [0.2, 0.25) is 0 Å². The number of hydrogen-bond donors (Lipinski definition) is 3. The number of aromatic hydroxyl groups is 1. The van der Waals surface area contributed by atoms with Crippen LogP contribution < -0.4 is 5.73 Å². The van der Waals surface area contributed by atoms with Crippen LogP contribution in [0.4, 0.5) is 5.69 Å². The molecule has 0 aliphatic rings. The molecule has 0 spiro atoms. The fourth-order valence-corrected chi connectivity index (χ4v) is 0.909. The number of benzene rings is 1. The summed E-state index contributed by atoms with van der Waals surface area (Å²) in [5.74, 6) is -1.63. The minimum absolute atomic E-state index is 0.131. The van der Waals surface area contributed by atoms with Crippen molar-refractivity contribution in [2.75, 3.05) is 5.73 Å². The lowest BCUT2D eigenvalue weighted by Gasteiger charge is -2.02. The maximum Gasteiger partial charge on any atom is 0.339 e. The topological polar surface area (TPSA) is 83.6 Å². The van der Waals surface area contributed by atoms with Gasteiger partial charge in [0.15, 0.2) is 0 Å². The molecule has 4 N–H and O–H groups in total. The molecule has 0 aliphatic heterocycles. The monoisotopic (exact) mass is 187 g/mol. The molecule has 0 heterocycles. The number of nitrogens with two attached hydrogens (primary N) is 1.